The van der Waals surface area contributed by atoms with E-state index >= 15 is 0 Å². The quantitative estimate of drug-likeness (QED) is 0.562. The van der Waals surface area contributed by atoms with E-state index in [-0.39, 0.29) is 0 Å². The van der Waals surface area contributed by atoms with E-state index in [4.69, 9.17) is 17.4 Å². The molecule has 0 spiro atoms. The third kappa shape index (κ3) is 2.59. The van der Waals surface area contributed by atoms with Gasteiger partial charge >= 0.3 is 0 Å². The number of anilines is 3. The van der Waals surface area contributed by atoms with Gasteiger partial charge in [0.15, 0.2) is 0 Å². The summed E-state index contributed by atoms with van der Waals surface area (Å²) in [6, 6.07) is 9.05. The number of hydrazine groups is 1. The normalized spacial score (nSPS) is 9.88. The first-order chi connectivity index (χ1) is 7.78. The van der Waals surface area contributed by atoms with E-state index in [1.54, 1.807) is 18.2 Å². The lowest BCUT2D eigenvalue weighted by atomic mass is 10.3. The molecule has 0 fully saturated rings. The van der Waals surface area contributed by atoms with Crippen LogP contribution in [0.3, 0.4) is 0 Å². The molecule has 0 bridgehead atoms. The van der Waals surface area contributed by atoms with Gasteiger partial charge in [-0.1, -0.05) is 17.7 Å². The lowest BCUT2D eigenvalue weighted by Gasteiger charge is -2.06. The monoisotopic (exact) mass is 235 g/mol. The van der Waals surface area contributed by atoms with Gasteiger partial charge in [-0.05, 0) is 18.2 Å². The van der Waals surface area contributed by atoms with Crippen LogP contribution in [0.2, 0.25) is 5.02 Å². The first kappa shape index (κ1) is 10.7. The Balaban J connectivity index is 2.20. The summed E-state index contributed by atoms with van der Waals surface area (Å²) in [5.74, 6) is 6.43. The minimum absolute atomic E-state index is 0.541. The highest BCUT2D eigenvalue weighted by atomic mass is 35.5. The van der Waals surface area contributed by atoms with Gasteiger partial charge in [0.1, 0.15) is 18.0 Å². The number of benzene rings is 1. The molecule has 0 saturated carbocycles. The van der Waals surface area contributed by atoms with Crippen LogP contribution in [0.15, 0.2) is 36.7 Å². The zero-order valence-corrected chi connectivity index (χ0v) is 9.07. The minimum atomic E-state index is 0.541. The molecule has 0 aliphatic heterocycles. The summed E-state index contributed by atoms with van der Waals surface area (Å²) in [5, 5.41) is 3.75. The number of nitrogen functional groups attached to an aromatic ring is 1. The van der Waals surface area contributed by atoms with Crippen LogP contribution in [0.5, 0.6) is 0 Å². The van der Waals surface area contributed by atoms with Crippen LogP contribution in [0.4, 0.5) is 17.3 Å². The number of hydrogen-bond acceptors (Lipinski definition) is 5. The summed E-state index contributed by atoms with van der Waals surface area (Å²) in [6.45, 7) is 0. The second kappa shape index (κ2) is 4.78. The maximum Gasteiger partial charge on any atom is 0.145 e. The predicted molar refractivity (Wildman–Crippen MR) is 64.6 cm³/mol. The summed E-state index contributed by atoms with van der Waals surface area (Å²) in [4.78, 5) is 7.96. The zero-order valence-electron chi connectivity index (χ0n) is 8.31. The molecule has 1 aromatic carbocycles. The van der Waals surface area contributed by atoms with Crippen molar-refractivity contribution >= 4 is 28.9 Å². The molecule has 5 nitrogen and oxygen atoms in total. The molecule has 0 unspecified atom stereocenters. The number of nitrogens with zero attached hydrogens (tertiary/aromatic N) is 2. The number of rotatable bonds is 3. The van der Waals surface area contributed by atoms with Crippen molar-refractivity contribution in [2.45, 2.75) is 0 Å². The Labute approximate surface area is 97.6 Å². The van der Waals surface area contributed by atoms with Gasteiger partial charge in [-0.2, -0.15) is 0 Å². The van der Waals surface area contributed by atoms with E-state index in [0.29, 0.717) is 16.7 Å². The van der Waals surface area contributed by atoms with Gasteiger partial charge in [0.25, 0.3) is 0 Å². The van der Waals surface area contributed by atoms with E-state index in [9.17, 15) is 0 Å². The molecule has 0 aliphatic rings. The third-order valence-electron chi connectivity index (χ3n) is 1.91. The molecule has 0 saturated heterocycles. The number of nitrogens with one attached hydrogen (secondary N) is 2. The maximum absolute atomic E-state index is 5.86. The van der Waals surface area contributed by atoms with Crippen molar-refractivity contribution in [3.63, 3.8) is 0 Å². The summed E-state index contributed by atoms with van der Waals surface area (Å²) in [6.07, 6.45) is 1.42. The van der Waals surface area contributed by atoms with Gasteiger partial charge in [0.2, 0.25) is 0 Å². The van der Waals surface area contributed by atoms with Crippen molar-refractivity contribution in [2.75, 3.05) is 10.7 Å². The fourth-order valence-corrected chi connectivity index (χ4v) is 1.41. The molecule has 16 heavy (non-hydrogen) atoms. The van der Waals surface area contributed by atoms with E-state index in [1.807, 2.05) is 12.1 Å². The Kier molecular flexibility index (Phi) is 3.19. The second-order valence-electron chi connectivity index (χ2n) is 3.07. The Morgan fingerprint density at radius 2 is 1.94 bits per heavy atom. The van der Waals surface area contributed by atoms with Gasteiger partial charge in [-0.3, -0.25) is 0 Å². The molecule has 6 heteroatoms. The molecule has 1 heterocycles. The Morgan fingerprint density at radius 1 is 1.12 bits per heavy atom. The number of halogens is 1. The number of nitrogens with two attached hydrogens (primary N) is 1. The molecule has 0 atom stereocenters. The topological polar surface area (TPSA) is 75.9 Å². The lowest BCUT2D eigenvalue weighted by molar-refractivity contribution is 1.14. The Hall–Kier alpha value is -1.85. The van der Waals surface area contributed by atoms with E-state index in [2.05, 4.69) is 20.7 Å². The molecule has 2 rings (SSSR count). The molecule has 0 amide bonds. The molecule has 0 aliphatic carbocycles. The lowest BCUT2D eigenvalue weighted by Crippen LogP contribution is -2.09. The Morgan fingerprint density at radius 3 is 2.69 bits per heavy atom. The van der Waals surface area contributed by atoms with Crippen LogP contribution in [0.25, 0.3) is 0 Å². The highest BCUT2D eigenvalue weighted by molar-refractivity contribution is 6.30. The van der Waals surface area contributed by atoms with Crippen LogP contribution in [0.1, 0.15) is 0 Å². The van der Waals surface area contributed by atoms with Crippen molar-refractivity contribution in [1.82, 2.24) is 9.97 Å². The molecule has 4 N–H and O–H groups in total. The van der Waals surface area contributed by atoms with Crippen molar-refractivity contribution in [1.29, 1.82) is 0 Å². The van der Waals surface area contributed by atoms with E-state index in [0.717, 1.165) is 5.69 Å². The van der Waals surface area contributed by atoms with Crippen molar-refractivity contribution in [2.24, 2.45) is 5.84 Å². The van der Waals surface area contributed by atoms with Gasteiger partial charge < -0.3 is 10.7 Å². The van der Waals surface area contributed by atoms with Gasteiger partial charge in [-0.25, -0.2) is 15.8 Å². The molecule has 2 aromatic rings. The predicted octanol–water partition coefficient (Wildman–Crippen LogP) is 2.16. The molecule has 82 valence electrons. The van der Waals surface area contributed by atoms with Crippen LogP contribution >= 0.6 is 11.6 Å². The van der Waals surface area contributed by atoms with Gasteiger partial charge in [-0.15, -0.1) is 0 Å². The minimum Gasteiger partial charge on any atom is -0.340 e. The van der Waals surface area contributed by atoms with Crippen molar-refractivity contribution in [3.05, 3.63) is 41.7 Å². The van der Waals surface area contributed by atoms with Crippen LogP contribution in [0, 0.1) is 0 Å². The second-order valence-corrected chi connectivity index (χ2v) is 3.50. The summed E-state index contributed by atoms with van der Waals surface area (Å²) in [7, 11) is 0. The highest BCUT2D eigenvalue weighted by Crippen LogP contribution is 2.19. The van der Waals surface area contributed by atoms with Crippen LogP contribution in [-0.2, 0) is 0 Å². The van der Waals surface area contributed by atoms with E-state index in [1.165, 1.54) is 6.33 Å². The molecular formula is C10H10ClN5. The summed E-state index contributed by atoms with van der Waals surface area (Å²) in [5.41, 5.74) is 3.30. The largest absolute Gasteiger partial charge is 0.340 e. The average molecular weight is 236 g/mol. The van der Waals surface area contributed by atoms with Gasteiger partial charge in [0, 0.05) is 16.8 Å². The highest BCUT2D eigenvalue weighted by Gasteiger charge is 1.98. The average Bonchev–Trinajstić information content (AvgIpc) is 2.29. The van der Waals surface area contributed by atoms with Crippen LogP contribution < -0.4 is 16.6 Å². The standard InChI is InChI=1S/C10H10ClN5/c11-7-2-1-3-8(4-7)15-9-5-10(16-12)14-6-13-9/h1-6H,12H2,(H2,13,14,15,16). The first-order valence-electron chi connectivity index (χ1n) is 4.59. The first-order valence-corrected chi connectivity index (χ1v) is 4.97. The van der Waals surface area contributed by atoms with Crippen LogP contribution in [-0.4, -0.2) is 9.97 Å². The molecule has 0 radical (unpaired) electrons. The third-order valence-corrected chi connectivity index (χ3v) is 2.15. The fraction of sp³-hybridized carbons (Fsp3) is 0. The van der Waals surface area contributed by atoms with Gasteiger partial charge in [0.05, 0.1) is 0 Å². The smallest absolute Gasteiger partial charge is 0.145 e. The van der Waals surface area contributed by atoms with Crippen molar-refractivity contribution < 1.29 is 0 Å². The summed E-state index contributed by atoms with van der Waals surface area (Å²) < 4.78 is 0. The maximum atomic E-state index is 5.86. The fourth-order valence-electron chi connectivity index (χ4n) is 1.22. The summed E-state index contributed by atoms with van der Waals surface area (Å²) >= 11 is 5.86. The SMILES string of the molecule is NNc1cc(Nc2cccc(Cl)c2)ncn1. The zero-order chi connectivity index (χ0) is 11.4. The van der Waals surface area contributed by atoms with E-state index < -0.39 is 0 Å². The molecule has 1 aromatic heterocycles. The molecular weight excluding hydrogens is 226 g/mol. The Bertz CT molecular complexity index is 488. The van der Waals surface area contributed by atoms with Crippen molar-refractivity contribution in [3.8, 4) is 0 Å². The number of hydrogen-bond donors (Lipinski definition) is 3. The number of aromatic nitrogens is 2.